The van der Waals surface area contributed by atoms with E-state index in [-0.39, 0.29) is 6.61 Å². The van der Waals surface area contributed by atoms with Crippen LogP contribution < -0.4 is 0 Å². The van der Waals surface area contributed by atoms with Crippen LogP contribution in [0.2, 0.25) is 0 Å². The molecule has 0 unspecified atom stereocenters. The van der Waals surface area contributed by atoms with Crippen molar-refractivity contribution in [3.8, 4) is 0 Å². The summed E-state index contributed by atoms with van der Waals surface area (Å²) in [7, 11) is 0. The van der Waals surface area contributed by atoms with Crippen molar-refractivity contribution in [3.63, 3.8) is 0 Å². The summed E-state index contributed by atoms with van der Waals surface area (Å²) in [6.45, 7) is 5.29. The van der Waals surface area contributed by atoms with Gasteiger partial charge >= 0.3 is 17.9 Å². The minimum Gasteiger partial charge on any atom is -0.462 e. The lowest BCUT2D eigenvalue weighted by Crippen LogP contribution is -2.45. The molecule has 132 valence electrons. The highest BCUT2D eigenvalue weighted by Gasteiger charge is 2.50. The number of hydrogen-bond donors (Lipinski definition) is 1. The van der Waals surface area contributed by atoms with Gasteiger partial charge < -0.3 is 24.1 Å². The Morgan fingerprint density at radius 3 is 2.30 bits per heavy atom. The van der Waals surface area contributed by atoms with Crippen LogP contribution in [0.25, 0.3) is 0 Å². The van der Waals surface area contributed by atoms with Crippen molar-refractivity contribution in [2.24, 2.45) is 0 Å². The number of ether oxygens (including phenoxy) is 4. The van der Waals surface area contributed by atoms with Gasteiger partial charge in [-0.05, 0) is 5.75 Å². The van der Waals surface area contributed by atoms with Gasteiger partial charge in [0.1, 0.15) is 18.8 Å². The van der Waals surface area contributed by atoms with E-state index in [0.29, 0.717) is 5.75 Å². The Morgan fingerprint density at radius 1 is 1.17 bits per heavy atom. The van der Waals surface area contributed by atoms with E-state index in [2.05, 4.69) is 0 Å². The fourth-order valence-electron chi connectivity index (χ4n) is 2.27. The number of thioether (sulfide) groups is 1. The Labute approximate surface area is 138 Å². The van der Waals surface area contributed by atoms with Gasteiger partial charge in [0.2, 0.25) is 0 Å². The van der Waals surface area contributed by atoms with E-state index >= 15 is 0 Å². The molecule has 1 fully saturated rings. The molecule has 9 heteroatoms. The molecule has 0 saturated carbocycles. The Kier molecular flexibility index (Phi) is 7.80. The first-order valence-corrected chi connectivity index (χ1v) is 8.24. The number of esters is 3. The molecule has 0 spiro atoms. The maximum absolute atomic E-state index is 11.4. The maximum atomic E-state index is 11.4. The average Bonchev–Trinajstić information content (AvgIpc) is 2.71. The molecule has 1 rings (SSSR count). The smallest absolute Gasteiger partial charge is 0.303 e. The van der Waals surface area contributed by atoms with Crippen LogP contribution in [-0.4, -0.2) is 65.2 Å². The molecule has 0 radical (unpaired) electrons. The van der Waals surface area contributed by atoms with E-state index in [1.807, 2.05) is 6.92 Å². The van der Waals surface area contributed by atoms with Gasteiger partial charge in [0.05, 0.1) is 5.25 Å². The third-order valence-corrected chi connectivity index (χ3v) is 4.24. The zero-order valence-electron chi connectivity index (χ0n) is 13.5. The monoisotopic (exact) mass is 350 g/mol. The molecule has 1 aliphatic rings. The standard InChI is InChI=1S/C14H22O8S/c1-5-23-13-12(21-9(4)17)11(22-14(13)18)10(20-8(3)16)6-19-7(2)15/h10-14,18H,5-6H2,1-4H3/t10-,11-,12+,13+,14+/m1/s1. The molecule has 1 saturated heterocycles. The van der Waals surface area contributed by atoms with Crippen molar-refractivity contribution in [2.45, 2.75) is 57.5 Å². The molecule has 0 amide bonds. The van der Waals surface area contributed by atoms with Gasteiger partial charge in [0.25, 0.3) is 0 Å². The molecular formula is C14H22O8S. The molecule has 0 aromatic heterocycles. The van der Waals surface area contributed by atoms with E-state index in [4.69, 9.17) is 18.9 Å². The Balaban J connectivity index is 2.96. The molecule has 0 aromatic carbocycles. The number of carbonyl (C=O) groups is 3. The summed E-state index contributed by atoms with van der Waals surface area (Å²) in [5, 5.41) is 9.53. The number of aliphatic hydroxyl groups excluding tert-OH is 1. The van der Waals surface area contributed by atoms with Crippen molar-refractivity contribution >= 4 is 29.7 Å². The fraction of sp³-hybridized carbons (Fsp3) is 0.786. The normalized spacial score (nSPS) is 28.0. The first kappa shape index (κ1) is 19.7. The number of aliphatic hydroxyl groups is 1. The summed E-state index contributed by atoms with van der Waals surface area (Å²) in [5.74, 6) is -1.04. The number of hydrogen-bond acceptors (Lipinski definition) is 9. The predicted molar refractivity (Wildman–Crippen MR) is 80.5 cm³/mol. The van der Waals surface area contributed by atoms with Crippen LogP contribution in [0, 0.1) is 0 Å². The average molecular weight is 350 g/mol. The highest BCUT2D eigenvalue weighted by Crippen LogP contribution is 2.34. The van der Waals surface area contributed by atoms with E-state index in [1.165, 1.54) is 32.5 Å². The summed E-state index contributed by atoms with van der Waals surface area (Å²) in [6, 6.07) is 0. The molecule has 0 aliphatic carbocycles. The minimum absolute atomic E-state index is 0.256. The SMILES string of the molecule is CCS[C@H]1[C@@H](OC(C)=O)[C@@H]([C@@H](COC(C)=O)OC(C)=O)O[C@@H]1O. The first-order valence-electron chi connectivity index (χ1n) is 7.19. The van der Waals surface area contributed by atoms with E-state index in [1.54, 1.807) is 0 Å². The first-order chi connectivity index (χ1) is 10.8. The lowest BCUT2D eigenvalue weighted by atomic mass is 10.1. The van der Waals surface area contributed by atoms with Gasteiger partial charge in [-0.3, -0.25) is 14.4 Å². The third kappa shape index (κ3) is 6.00. The summed E-state index contributed by atoms with van der Waals surface area (Å²) in [5.41, 5.74) is 0. The van der Waals surface area contributed by atoms with E-state index < -0.39 is 47.8 Å². The van der Waals surface area contributed by atoms with Crippen molar-refractivity contribution in [1.29, 1.82) is 0 Å². The van der Waals surface area contributed by atoms with E-state index in [9.17, 15) is 19.5 Å². The fourth-order valence-corrected chi connectivity index (χ4v) is 3.28. The lowest BCUT2D eigenvalue weighted by Gasteiger charge is -2.27. The molecule has 0 bridgehead atoms. The van der Waals surface area contributed by atoms with Gasteiger partial charge in [-0.15, -0.1) is 11.8 Å². The Bertz CT molecular complexity index is 440. The second-order valence-electron chi connectivity index (χ2n) is 4.94. The number of rotatable bonds is 7. The van der Waals surface area contributed by atoms with Crippen molar-refractivity contribution in [3.05, 3.63) is 0 Å². The van der Waals surface area contributed by atoms with Gasteiger partial charge in [0, 0.05) is 20.8 Å². The predicted octanol–water partition coefficient (Wildman–Crippen LogP) is 0.252. The van der Waals surface area contributed by atoms with Gasteiger partial charge in [-0.2, -0.15) is 0 Å². The van der Waals surface area contributed by atoms with Crippen LogP contribution in [0.5, 0.6) is 0 Å². The second kappa shape index (κ2) is 9.09. The van der Waals surface area contributed by atoms with Crippen molar-refractivity contribution in [2.75, 3.05) is 12.4 Å². The van der Waals surface area contributed by atoms with Crippen molar-refractivity contribution < 1.29 is 38.4 Å². The molecule has 5 atom stereocenters. The molecule has 1 heterocycles. The summed E-state index contributed by atoms with van der Waals surface area (Å²) >= 11 is 1.36. The molecular weight excluding hydrogens is 328 g/mol. The quantitative estimate of drug-likeness (QED) is 0.510. The van der Waals surface area contributed by atoms with Gasteiger partial charge in [-0.1, -0.05) is 6.92 Å². The van der Waals surface area contributed by atoms with Crippen LogP contribution in [0.3, 0.4) is 0 Å². The van der Waals surface area contributed by atoms with Crippen LogP contribution in [0.4, 0.5) is 0 Å². The molecule has 23 heavy (non-hydrogen) atoms. The second-order valence-corrected chi connectivity index (χ2v) is 6.39. The summed E-state index contributed by atoms with van der Waals surface area (Å²) < 4.78 is 20.7. The molecule has 1 N–H and O–H groups in total. The lowest BCUT2D eigenvalue weighted by molar-refractivity contribution is -0.182. The molecule has 1 aliphatic heterocycles. The molecule has 8 nitrogen and oxygen atoms in total. The molecule has 0 aromatic rings. The van der Waals surface area contributed by atoms with Crippen LogP contribution in [0.15, 0.2) is 0 Å². The van der Waals surface area contributed by atoms with Gasteiger partial charge in [-0.25, -0.2) is 0 Å². The Morgan fingerprint density at radius 2 is 1.83 bits per heavy atom. The van der Waals surface area contributed by atoms with Crippen molar-refractivity contribution in [1.82, 2.24) is 0 Å². The zero-order valence-corrected chi connectivity index (χ0v) is 14.3. The Hall–Kier alpha value is -1.32. The van der Waals surface area contributed by atoms with E-state index in [0.717, 1.165) is 0 Å². The van der Waals surface area contributed by atoms with Gasteiger partial charge in [0.15, 0.2) is 12.4 Å². The van der Waals surface area contributed by atoms with Crippen LogP contribution in [0.1, 0.15) is 27.7 Å². The topological polar surface area (TPSA) is 108 Å². The summed E-state index contributed by atoms with van der Waals surface area (Å²) in [4.78, 5) is 33.6. The zero-order chi connectivity index (χ0) is 17.6. The largest absolute Gasteiger partial charge is 0.462 e. The summed E-state index contributed by atoms with van der Waals surface area (Å²) in [6.07, 6.45) is -3.93. The maximum Gasteiger partial charge on any atom is 0.303 e. The highest BCUT2D eigenvalue weighted by molar-refractivity contribution is 8.00. The van der Waals surface area contributed by atoms with Crippen LogP contribution >= 0.6 is 11.8 Å². The van der Waals surface area contributed by atoms with Crippen LogP contribution in [-0.2, 0) is 33.3 Å². The number of carbonyl (C=O) groups excluding carboxylic acids is 3. The highest BCUT2D eigenvalue weighted by atomic mass is 32.2. The third-order valence-electron chi connectivity index (χ3n) is 3.02. The minimum atomic E-state index is -1.19.